The quantitative estimate of drug-likeness (QED) is 0.581. The van der Waals surface area contributed by atoms with E-state index in [9.17, 15) is 13.2 Å². The van der Waals surface area contributed by atoms with Crippen molar-refractivity contribution in [3.63, 3.8) is 0 Å². The van der Waals surface area contributed by atoms with Crippen molar-refractivity contribution < 1.29 is 27.8 Å². The number of piperidine rings is 1. The largest absolute Gasteiger partial charge is 0.490 e. The van der Waals surface area contributed by atoms with Crippen LogP contribution in [0.5, 0.6) is 5.75 Å². The number of carboxylic acids is 1. The second kappa shape index (κ2) is 8.46. The number of alkyl halides is 3. The first-order valence-corrected chi connectivity index (χ1v) is 10.4. The van der Waals surface area contributed by atoms with Gasteiger partial charge in [-0.05, 0) is 79.7 Å². The molecule has 3 heterocycles. The summed E-state index contributed by atoms with van der Waals surface area (Å²) >= 11 is 0. The Hall–Kier alpha value is -3.07. The summed E-state index contributed by atoms with van der Waals surface area (Å²) in [6, 6.07) is 13.2. The lowest BCUT2D eigenvalue weighted by atomic mass is 9.83. The normalized spacial score (nSPS) is 17.2. The van der Waals surface area contributed by atoms with Gasteiger partial charge in [0, 0.05) is 7.05 Å². The third-order valence-corrected chi connectivity index (χ3v) is 6.05. The summed E-state index contributed by atoms with van der Waals surface area (Å²) in [6.45, 7) is 2.14. The summed E-state index contributed by atoms with van der Waals surface area (Å²) in [4.78, 5) is 13.3. The molecule has 0 unspecified atom stereocenters. The summed E-state index contributed by atoms with van der Waals surface area (Å²) in [5, 5.41) is 10.6. The fraction of sp³-hybridized carbons (Fsp3) is 0.391. The average Bonchev–Trinajstić information content (AvgIpc) is 3.14. The van der Waals surface area contributed by atoms with Gasteiger partial charge in [-0.2, -0.15) is 13.2 Å². The lowest BCUT2D eigenvalue weighted by molar-refractivity contribution is -0.192. The van der Waals surface area contributed by atoms with E-state index in [0.717, 1.165) is 50.0 Å². The molecule has 0 amide bonds. The van der Waals surface area contributed by atoms with E-state index in [-0.39, 0.29) is 5.60 Å². The Kier molecular flexibility index (Phi) is 5.85. The molecule has 1 saturated heterocycles. The number of aryl methyl sites for hydroxylation is 2. The van der Waals surface area contributed by atoms with Crippen molar-refractivity contribution in [2.75, 3.05) is 13.1 Å². The van der Waals surface area contributed by atoms with Crippen LogP contribution in [0.25, 0.3) is 22.2 Å². The second-order valence-corrected chi connectivity index (χ2v) is 8.22. The molecule has 0 bridgehead atoms. The first-order chi connectivity index (χ1) is 15.2. The van der Waals surface area contributed by atoms with Crippen LogP contribution < -0.4 is 10.1 Å². The molecule has 0 saturated carbocycles. The zero-order valence-corrected chi connectivity index (χ0v) is 17.6. The van der Waals surface area contributed by atoms with E-state index < -0.39 is 12.1 Å². The molecule has 9 heteroatoms. The molecule has 2 aliphatic heterocycles. The molecule has 0 radical (unpaired) electrons. The maximum absolute atomic E-state index is 10.6. The second-order valence-electron chi connectivity index (χ2n) is 8.22. The molecule has 170 valence electrons. The van der Waals surface area contributed by atoms with E-state index >= 15 is 0 Å². The van der Waals surface area contributed by atoms with Crippen LogP contribution in [-0.2, 0) is 18.3 Å². The van der Waals surface area contributed by atoms with Gasteiger partial charge < -0.3 is 19.7 Å². The van der Waals surface area contributed by atoms with Gasteiger partial charge in [-0.25, -0.2) is 9.78 Å². The summed E-state index contributed by atoms with van der Waals surface area (Å²) in [5.74, 6) is -1.67. The summed E-state index contributed by atoms with van der Waals surface area (Å²) < 4.78 is 40.3. The lowest BCUT2D eigenvalue weighted by Gasteiger charge is -2.41. The minimum Gasteiger partial charge on any atom is -0.487 e. The number of benzene rings is 2. The lowest BCUT2D eigenvalue weighted by Crippen LogP contribution is -2.48. The number of rotatable bonds is 1. The number of nitrogens with one attached hydrogen (secondary N) is 1. The molecule has 32 heavy (non-hydrogen) atoms. The third-order valence-electron chi connectivity index (χ3n) is 6.05. The van der Waals surface area contributed by atoms with Crippen LogP contribution in [0.15, 0.2) is 42.7 Å². The number of halogens is 3. The van der Waals surface area contributed by atoms with E-state index in [1.54, 1.807) is 0 Å². The van der Waals surface area contributed by atoms with E-state index in [1.807, 2.05) is 13.4 Å². The molecule has 1 spiro atoms. The van der Waals surface area contributed by atoms with Crippen LogP contribution in [0.3, 0.4) is 0 Å². The fourth-order valence-electron chi connectivity index (χ4n) is 4.24. The van der Waals surface area contributed by atoms with Gasteiger partial charge >= 0.3 is 12.1 Å². The Labute approximate surface area is 183 Å². The minimum atomic E-state index is -5.08. The molecule has 2 N–H and O–H groups in total. The maximum atomic E-state index is 10.6. The summed E-state index contributed by atoms with van der Waals surface area (Å²) in [6.07, 6.45) is 1.26. The first-order valence-electron chi connectivity index (χ1n) is 10.4. The van der Waals surface area contributed by atoms with Crippen LogP contribution in [0.2, 0.25) is 0 Å². The van der Waals surface area contributed by atoms with Crippen molar-refractivity contribution in [2.24, 2.45) is 7.05 Å². The van der Waals surface area contributed by atoms with Gasteiger partial charge in [-0.3, -0.25) is 0 Å². The molecule has 2 aromatic carbocycles. The zero-order valence-electron chi connectivity index (χ0n) is 17.6. The molecule has 6 nitrogen and oxygen atoms in total. The summed E-state index contributed by atoms with van der Waals surface area (Å²) in [7, 11) is 2.04. The molecule has 1 aromatic heterocycles. The van der Waals surface area contributed by atoms with Gasteiger partial charge in [-0.1, -0.05) is 12.1 Å². The zero-order chi connectivity index (χ0) is 22.9. The van der Waals surface area contributed by atoms with Gasteiger partial charge in [0.15, 0.2) is 0 Å². The van der Waals surface area contributed by atoms with Gasteiger partial charge in [0.1, 0.15) is 11.4 Å². The molecular formula is C23H24F3N3O3. The number of fused-ring (bicyclic) bond motifs is 2. The smallest absolute Gasteiger partial charge is 0.487 e. The van der Waals surface area contributed by atoms with Crippen LogP contribution in [0.4, 0.5) is 13.2 Å². The Morgan fingerprint density at radius 3 is 2.47 bits per heavy atom. The Morgan fingerprint density at radius 1 is 1.12 bits per heavy atom. The topological polar surface area (TPSA) is 76.4 Å². The molecule has 3 aromatic rings. The molecule has 0 aliphatic carbocycles. The number of aromatic nitrogens is 2. The highest BCUT2D eigenvalue weighted by Crippen LogP contribution is 2.40. The number of carboxylic acid groups (broad SMARTS) is 1. The van der Waals surface area contributed by atoms with Gasteiger partial charge in [0.25, 0.3) is 0 Å². The van der Waals surface area contributed by atoms with E-state index in [2.05, 4.69) is 51.3 Å². The van der Waals surface area contributed by atoms with E-state index in [4.69, 9.17) is 14.6 Å². The third kappa shape index (κ3) is 4.57. The van der Waals surface area contributed by atoms with Gasteiger partial charge in [0.05, 0.1) is 17.4 Å². The van der Waals surface area contributed by atoms with E-state index in [1.165, 1.54) is 22.2 Å². The predicted octanol–water partition coefficient (Wildman–Crippen LogP) is 4.32. The Balaban J connectivity index is 0.000000307. The van der Waals surface area contributed by atoms with Crippen LogP contribution in [0, 0.1) is 0 Å². The van der Waals surface area contributed by atoms with Crippen molar-refractivity contribution in [1.29, 1.82) is 0 Å². The van der Waals surface area contributed by atoms with Crippen molar-refractivity contribution in [3.05, 3.63) is 48.3 Å². The van der Waals surface area contributed by atoms with E-state index in [0.29, 0.717) is 0 Å². The molecular weight excluding hydrogens is 423 g/mol. The number of aliphatic carboxylic acids is 1. The van der Waals surface area contributed by atoms with Crippen molar-refractivity contribution in [2.45, 2.75) is 37.5 Å². The van der Waals surface area contributed by atoms with Gasteiger partial charge in [0.2, 0.25) is 0 Å². The summed E-state index contributed by atoms with van der Waals surface area (Å²) in [5.41, 5.74) is 6.10. The number of hydrogen-bond acceptors (Lipinski definition) is 4. The van der Waals surface area contributed by atoms with Crippen molar-refractivity contribution >= 4 is 17.0 Å². The maximum Gasteiger partial charge on any atom is 0.490 e. The number of nitrogens with zero attached hydrogens (tertiary/aromatic N) is 2. The monoisotopic (exact) mass is 447 g/mol. The molecule has 0 atom stereocenters. The van der Waals surface area contributed by atoms with Gasteiger partial charge in [-0.15, -0.1) is 0 Å². The molecule has 2 aliphatic rings. The highest BCUT2D eigenvalue weighted by Gasteiger charge is 2.38. The standard InChI is InChI=1S/C21H23N3O.C2HF3O2/c1-24-14-23-18-4-2-16(13-19(18)24)15-3-5-20-17(12-15)6-7-21(25-20)8-10-22-11-9-21;3-2(4,5)1(6)7/h2-5,12-14,22H,6-11H2,1H3;(H,6,7). The highest BCUT2D eigenvalue weighted by molar-refractivity contribution is 5.82. The molecule has 5 rings (SSSR count). The highest BCUT2D eigenvalue weighted by atomic mass is 19.4. The minimum absolute atomic E-state index is 0.0629. The van der Waals surface area contributed by atoms with Crippen LogP contribution >= 0.6 is 0 Å². The number of ether oxygens (including phenoxy) is 1. The van der Waals surface area contributed by atoms with Crippen LogP contribution in [-0.4, -0.2) is 45.5 Å². The van der Waals surface area contributed by atoms with Crippen molar-refractivity contribution in [3.8, 4) is 16.9 Å². The van der Waals surface area contributed by atoms with Crippen molar-refractivity contribution in [1.82, 2.24) is 14.9 Å². The SMILES string of the molecule is Cn1cnc2ccc(-c3ccc4c(c3)CCC3(CCNCC3)O4)cc21.O=C(O)C(F)(F)F. The average molecular weight is 447 g/mol. The number of imidazole rings is 1. The number of carbonyl (C=O) groups is 1. The Bertz CT molecular complexity index is 1130. The van der Waals surface area contributed by atoms with Crippen LogP contribution in [0.1, 0.15) is 24.8 Å². The predicted molar refractivity (Wildman–Crippen MR) is 114 cm³/mol. The molecule has 1 fully saturated rings. The Morgan fingerprint density at radius 2 is 1.78 bits per heavy atom. The number of hydrogen-bond donors (Lipinski definition) is 2. The first kappa shape index (κ1) is 22.1. The fourth-order valence-corrected chi connectivity index (χ4v) is 4.24.